The maximum Gasteiger partial charge on any atom is 0.341 e. The Bertz CT molecular complexity index is 1160. The average Bonchev–Trinajstić information content (AvgIpc) is 3.32. The zero-order valence-corrected chi connectivity index (χ0v) is 19.0. The molecule has 1 aliphatic carbocycles. The molecule has 12 heteroatoms. The first kappa shape index (κ1) is 23.2. The minimum atomic E-state index is -3.88. The molecule has 2 N–H and O–H groups in total. The summed E-state index contributed by atoms with van der Waals surface area (Å²) in [7, 11) is -1.40. The van der Waals surface area contributed by atoms with E-state index >= 15 is 0 Å². The zero-order chi connectivity index (χ0) is 22.8. The standard InChI is InChI=1S/C19H19ClN2O7S2/c1-21-31(26,27)14-8-10(6-7-12(14)20)18(24)29-9-15(23)22-17-16(19(25)28-2)11-4-3-5-13(11)30-17/h6-8,21H,3-5,9H2,1-2H3,(H,22,23). The molecule has 0 fully saturated rings. The van der Waals surface area contributed by atoms with E-state index in [0.717, 1.165) is 35.8 Å². The summed E-state index contributed by atoms with van der Waals surface area (Å²) < 4.78 is 35.9. The van der Waals surface area contributed by atoms with Crippen molar-refractivity contribution in [2.45, 2.75) is 24.2 Å². The molecular formula is C19H19ClN2O7S2. The number of thiophene rings is 1. The average molecular weight is 487 g/mol. The molecule has 0 atom stereocenters. The van der Waals surface area contributed by atoms with Crippen LogP contribution < -0.4 is 10.0 Å². The minimum Gasteiger partial charge on any atom is -0.465 e. The van der Waals surface area contributed by atoms with E-state index in [1.165, 1.54) is 37.6 Å². The molecule has 0 saturated carbocycles. The zero-order valence-electron chi connectivity index (χ0n) is 16.6. The lowest BCUT2D eigenvalue weighted by molar-refractivity contribution is -0.119. The second-order valence-corrected chi connectivity index (χ2v) is 9.90. The lowest BCUT2D eigenvalue weighted by Crippen LogP contribution is -2.22. The third-order valence-electron chi connectivity index (χ3n) is 4.62. The second-order valence-electron chi connectivity index (χ2n) is 6.53. The number of fused-ring (bicyclic) bond motifs is 1. The molecule has 0 unspecified atom stereocenters. The number of carbonyl (C=O) groups is 3. The second kappa shape index (κ2) is 9.35. The summed E-state index contributed by atoms with van der Waals surface area (Å²) in [6.07, 6.45) is 2.49. The lowest BCUT2D eigenvalue weighted by Gasteiger charge is -2.09. The van der Waals surface area contributed by atoms with Crippen LogP contribution in [0.1, 0.15) is 37.6 Å². The Hall–Kier alpha value is -2.47. The molecule has 1 aromatic heterocycles. The first-order valence-corrected chi connectivity index (χ1v) is 11.8. The summed E-state index contributed by atoms with van der Waals surface area (Å²) in [6, 6.07) is 3.60. The van der Waals surface area contributed by atoms with Crippen LogP contribution >= 0.6 is 22.9 Å². The highest BCUT2D eigenvalue weighted by Gasteiger charge is 2.28. The highest BCUT2D eigenvalue weighted by atomic mass is 35.5. The summed E-state index contributed by atoms with van der Waals surface area (Å²) in [4.78, 5) is 37.5. The Kier molecular flexibility index (Phi) is 6.99. The molecule has 0 radical (unpaired) electrons. The number of methoxy groups -OCH3 is 1. The molecule has 1 amide bonds. The van der Waals surface area contributed by atoms with Crippen molar-refractivity contribution in [2.75, 3.05) is 26.1 Å². The summed E-state index contributed by atoms with van der Waals surface area (Å²) in [5, 5.41) is 2.88. The molecular weight excluding hydrogens is 468 g/mol. The van der Waals surface area contributed by atoms with Gasteiger partial charge in [-0.1, -0.05) is 11.6 Å². The Morgan fingerprint density at radius 1 is 1.19 bits per heavy atom. The van der Waals surface area contributed by atoms with Gasteiger partial charge in [0.2, 0.25) is 10.0 Å². The van der Waals surface area contributed by atoms with Gasteiger partial charge >= 0.3 is 11.9 Å². The topological polar surface area (TPSA) is 128 Å². The lowest BCUT2D eigenvalue weighted by atomic mass is 10.1. The van der Waals surface area contributed by atoms with E-state index in [1.807, 2.05) is 0 Å². The molecule has 0 spiro atoms. The van der Waals surface area contributed by atoms with Gasteiger partial charge in [-0.05, 0) is 50.1 Å². The van der Waals surface area contributed by atoms with Crippen molar-refractivity contribution in [2.24, 2.45) is 0 Å². The van der Waals surface area contributed by atoms with Crippen molar-refractivity contribution in [1.82, 2.24) is 4.72 Å². The van der Waals surface area contributed by atoms with Gasteiger partial charge in [0.1, 0.15) is 9.90 Å². The summed E-state index contributed by atoms with van der Waals surface area (Å²) in [6.45, 7) is -0.626. The summed E-state index contributed by atoms with van der Waals surface area (Å²) in [5.41, 5.74) is 1.12. The van der Waals surface area contributed by atoms with E-state index in [9.17, 15) is 22.8 Å². The third kappa shape index (κ3) is 4.90. The molecule has 0 saturated heterocycles. The van der Waals surface area contributed by atoms with Gasteiger partial charge in [-0.3, -0.25) is 4.79 Å². The fourth-order valence-electron chi connectivity index (χ4n) is 3.13. The van der Waals surface area contributed by atoms with E-state index in [0.29, 0.717) is 10.6 Å². The molecule has 31 heavy (non-hydrogen) atoms. The molecule has 0 aliphatic heterocycles. The number of rotatable bonds is 7. The fourth-order valence-corrected chi connectivity index (χ4v) is 5.68. The predicted molar refractivity (Wildman–Crippen MR) is 114 cm³/mol. The summed E-state index contributed by atoms with van der Waals surface area (Å²) in [5.74, 6) is -2.08. The molecule has 1 aliphatic rings. The number of carbonyl (C=O) groups excluding carboxylic acids is 3. The van der Waals surface area contributed by atoms with Crippen LogP contribution in [0.3, 0.4) is 0 Å². The Morgan fingerprint density at radius 3 is 2.61 bits per heavy atom. The molecule has 9 nitrogen and oxygen atoms in total. The molecule has 3 rings (SSSR count). The van der Waals surface area contributed by atoms with Crippen molar-refractivity contribution in [3.63, 3.8) is 0 Å². The van der Waals surface area contributed by atoms with Gasteiger partial charge < -0.3 is 14.8 Å². The van der Waals surface area contributed by atoms with Crippen molar-refractivity contribution in [3.05, 3.63) is 44.8 Å². The van der Waals surface area contributed by atoms with Crippen molar-refractivity contribution in [3.8, 4) is 0 Å². The first-order valence-electron chi connectivity index (χ1n) is 9.11. The highest BCUT2D eigenvalue weighted by Crippen LogP contribution is 2.39. The molecule has 166 valence electrons. The van der Waals surface area contributed by atoms with Crippen molar-refractivity contribution < 1.29 is 32.3 Å². The van der Waals surface area contributed by atoms with Crippen LogP contribution in [-0.2, 0) is 37.1 Å². The normalized spacial score (nSPS) is 12.9. The molecule has 2 aromatic rings. The Balaban J connectivity index is 1.69. The van der Waals surface area contributed by atoms with E-state index < -0.39 is 34.5 Å². The maximum atomic E-state index is 12.3. The van der Waals surface area contributed by atoms with Gasteiger partial charge in [0.05, 0.1) is 23.3 Å². The Morgan fingerprint density at radius 2 is 1.94 bits per heavy atom. The number of hydrogen-bond donors (Lipinski definition) is 2. The van der Waals surface area contributed by atoms with E-state index in [-0.39, 0.29) is 15.5 Å². The number of anilines is 1. The van der Waals surface area contributed by atoms with Gasteiger partial charge in [-0.15, -0.1) is 11.3 Å². The third-order valence-corrected chi connectivity index (χ3v) is 7.73. The van der Waals surface area contributed by atoms with E-state index in [1.54, 1.807) is 0 Å². The largest absolute Gasteiger partial charge is 0.465 e. The number of amides is 1. The monoisotopic (exact) mass is 486 g/mol. The number of sulfonamides is 1. The molecule has 1 heterocycles. The van der Waals surface area contributed by atoms with Gasteiger partial charge in [0.15, 0.2) is 6.61 Å². The van der Waals surface area contributed by atoms with E-state index in [2.05, 4.69) is 10.0 Å². The van der Waals surface area contributed by atoms with Crippen molar-refractivity contribution in [1.29, 1.82) is 0 Å². The van der Waals surface area contributed by atoms with Gasteiger partial charge in [0.25, 0.3) is 5.91 Å². The number of aryl methyl sites for hydroxylation is 1. The molecule has 1 aromatic carbocycles. The highest BCUT2D eigenvalue weighted by molar-refractivity contribution is 7.89. The van der Waals surface area contributed by atoms with Crippen LogP contribution in [0, 0.1) is 0 Å². The van der Waals surface area contributed by atoms with Crippen LogP contribution in [0.2, 0.25) is 5.02 Å². The number of esters is 2. The number of nitrogens with one attached hydrogen (secondary N) is 2. The number of halogens is 1. The fraction of sp³-hybridized carbons (Fsp3) is 0.316. The SMILES string of the molecule is CNS(=O)(=O)c1cc(C(=O)OCC(=O)Nc2sc3c(c2C(=O)OC)CCC3)ccc1Cl. The van der Waals surface area contributed by atoms with Gasteiger partial charge in [-0.2, -0.15) is 0 Å². The predicted octanol–water partition coefficient (Wildman–Crippen LogP) is 2.38. The van der Waals surface area contributed by atoms with Crippen LogP contribution in [0.5, 0.6) is 0 Å². The van der Waals surface area contributed by atoms with Crippen molar-refractivity contribution >= 4 is 55.8 Å². The van der Waals surface area contributed by atoms with Gasteiger partial charge in [-0.25, -0.2) is 22.7 Å². The summed E-state index contributed by atoms with van der Waals surface area (Å²) >= 11 is 7.19. The van der Waals surface area contributed by atoms with Crippen LogP contribution in [0.25, 0.3) is 0 Å². The minimum absolute atomic E-state index is 0.0651. The van der Waals surface area contributed by atoms with Crippen LogP contribution in [-0.4, -0.2) is 47.0 Å². The number of hydrogen-bond acceptors (Lipinski definition) is 8. The quantitative estimate of drug-likeness (QED) is 0.575. The maximum absolute atomic E-state index is 12.3. The van der Waals surface area contributed by atoms with Crippen LogP contribution in [0.15, 0.2) is 23.1 Å². The number of benzene rings is 1. The van der Waals surface area contributed by atoms with Gasteiger partial charge in [0, 0.05) is 4.88 Å². The smallest absolute Gasteiger partial charge is 0.341 e. The van der Waals surface area contributed by atoms with E-state index in [4.69, 9.17) is 21.1 Å². The number of ether oxygens (including phenoxy) is 2. The molecule has 0 bridgehead atoms. The van der Waals surface area contributed by atoms with Crippen LogP contribution in [0.4, 0.5) is 5.00 Å². The Labute approximate surface area is 187 Å². The first-order chi connectivity index (χ1) is 14.7.